The minimum Gasteiger partial charge on any atom is -0.421 e. The zero-order chi connectivity index (χ0) is 24.5. The van der Waals surface area contributed by atoms with Crippen LogP contribution in [0.4, 0.5) is 6.01 Å². The maximum atomic E-state index is 13.3. The fraction of sp³-hybridized carbons (Fsp3) is 0.208. The Labute approximate surface area is 206 Å². The Morgan fingerprint density at radius 2 is 2.14 bits per heavy atom. The van der Waals surface area contributed by atoms with Gasteiger partial charge in [-0.1, -0.05) is 23.7 Å². The Hall–Kier alpha value is -4.18. The smallest absolute Gasteiger partial charge is 0.304 e. The lowest BCUT2D eigenvalue weighted by Crippen LogP contribution is -2.39. The molecule has 178 valence electrons. The maximum absolute atomic E-state index is 13.3. The summed E-state index contributed by atoms with van der Waals surface area (Å²) in [5, 5.41) is 13.8. The highest BCUT2D eigenvalue weighted by Crippen LogP contribution is 2.35. The monoisotopic (exact) mass is 490 g/mol. The SMILES string of the molecule is CC1=C(C(=O)NCc2cnn(C)c2)C(c2ccc(C)cc2Cl)N=C(Nc2nc3ncccc3o2)N1. The molecule has 3 N–H and O–H groups in total. The number of amides is 1. The average molecular weight is 491 g/mol. The van der Waals surface area contributed by atoms with Crippen molar-refractivity contribution in [2.45, 2.75) is 26.4 Å². The molecule has 1 unspecified atom stereocenters. The third-order valence-electron chi connectivity index (χ3n) is 5.54. The van der Waals surface area contributed by atoms with Gasteiger partial charge in [-0.2, -0.15) is 10.1 Å². The molecule has 1 aromatic carbocycles. The van der Waals surface area contributed by atoms with E-state index < -0.39 is 6.04 Å². The summed E-state index contributed by atoms with van der Waals surface area (Å²) in [5.74, 6) is 0.119. The van der Waals surface area contributed by atoms with E-state index in [1.807, 2.05) is 45.3 Å². The van der Waals surface area contributed by atoms with Gasteiger partial charge in [-0.05, 0) is 37.6 Å². The van der Waals surface area contributed by atoms with Gasteiger partial charge in [-0.25, -0.2) is 9.98 Å². The number of carbonyl (C=O) groups is 1. The summed E-state index contributed by atoms with van der Waals surface area (Å²) in [5.41, 5.74) is 4.73. The highest BCUT2D eigenvalue weighted by atomic mass is 35.5. The summed E-state index contributed by atoms with van der Waals surface area (Å²) < 4.78 is 7.40. The molecule has 35 heavy (non-hydrogen) atoms. The summed E-state index contributed by atoms with van der Waals surface area (Å²) in [7, 11) is 1.83. The lowest BCUT2D eigenvalue weighted by molar-refractivity contribution is -0.118. The van der Waals surface area contributed by atoms with Gasteiger partial charge in [0.15, 0.2) is 5.58 Å². The van der Waals surface area contributed by atoms with Crippen LogP contribution in [-0.4, -0.2) is 31.6 Å². The third-order valence-corrected chi connectivity index (χ3v) is 5.87. The fourth-order valence-corrected chi connectivity index (χ4v) is 4.22. The molecule has 10 nitrogen and oxygen atoms in total. The minimum atomic E-state index is -0.650. The second kappa shape index (κ2) is 9.22. The van der Waals surface area contributed by atoms with Crippen molar-refractivity contribution < 1.29 is 9.21 Å². The first-order valence-electron chi connectivity index (χ1n) is 10.9. The second-order valence-corrected chi connectivity index (χ2v) is 8.65. The van der Waals surface area contributed by atoms with E-state index in [9.17, 15) is 4.79 Å². The van der Waals surface area contributed by atoms with Crippen LogP contribution in [0.15, 0.2) is 69.6 Å². The first-order chi connectivity index (χ1) is 16.9. The molecule has 0 spiro atoms. The molecule has 0 aliphatic carbocycles. The normalized spacial score (nSPS) is 15.7. The number of guanidine groups is 1. The Kier molecular flexibility index (Phi) is 5.96. The van der Waals surface area contributed by atoms with Gasteiger partial charge in [0, 0.05) is 47.8 Å². The van der Waals surface area contributed by atoms with Crippen LogP contribution in [0.3, 0.4) is 0 Å². The minimum absolute atomic E-state index is 0.232. The molecule has 1 aliphatic heterocycles. The number of rotatable bonds is 5. The molecule has 0 saturated heterocycles. The largest absolute Gasteiger partial charge is 0.421 e. The number of nitrogens with one attached hydrogen (secondary N) is 3. The van der Waals surface area contributed by atoms with Crippen LogP contribution in [0.25, 0.3) is 11.2 Å². The number of oxazole rings is 1. The number of allylic oxidation sites excluding steroid dienone is 1. The molecule has 0 saturated carbocycles. The van der Waals surface area contributed by atoms with Gasteiger partial charge in [0.1, 0.15) is 6.04 Å². The lowest BCUT2D eigenvalue weighted by Gasteiger charge is -2.27. The standard InChI is InChI=1S/C24H23ClN8O2/c1-13-6-7-16(17(25)9-13)20-19(22(34)27-10-15-11-28-33(3)12-15)14(2)29-23(30-20)32-24-31-21-18(35-24)5-4-8-26-21/h4-9,11-12,20H,10H2,1-3H3,(H,27,34)(H2,26,29,30,31,32). The first-order valence-corrected chi connectivity index (χ1v) is 11.3. The van der Waals surface area contributed by atoms with Gasteiger partial charge in [0.2, 0.25) is 11.6 Å². The molecular formula is C24H23ClN8O2. The highest BCUT2D eigenvalue weighted by molar-refractivity contribution is 6.31. The number of aliphatic imine (C=N–C) groups is 1. The van der Waals surface area contributed by atoms with Crippen molar-refractivity contribution in [3.05, 3.63) is 81.9 Å². The number of pyridine rings is 1. The number of fused-ring (bicyclic) bond motifs is 1. The summed E-state index contributed by atoms with van der Waals surface area (Å²) >= 11 is 6.60. The van der Waals surface area contributed by atoms with Gasteiger partial charge >= 0.3 is 6.01 Å². The molecule has 4 aromatic rings. The van der Waals surface area contributed by atoms with Crippen molar-refractivity contribution in [2.24, 2.45) is 12.0 Å². The van der Waals surface area contributed by atoms with E-state index >= 15 is 0 Å². The van der Waals surface area contributed by atoms with Gasteiger partial charge < -0.3 is 15.1 Å². The predicted octanol–water partition coefficient (Wildman–Crippen LogP) is 3.62. The van der Waals surface area contributed by atoms with Gasteiger partial charge in [-0.15, -0.1) is 0 Å². The molecule has 0 fully saturated rings. The molecule has 0 radical (unpaired) electrons. The van der Waals surface area contributed by atoms with Crippen molar-refractivity contribution >= 4 is 40.7 Å². The summed E-state index contributed by atoms with van der Waals surface area (Å²) in [6.45, 7) is 4.11. The molecular weight excluding hydrogens is 468 g/mol. The zero-order valence-electron chi connectivity index (χ0n) is 19.3. The third kappa shape index (κ3) is 4.73. The van der Waals surface area contributed by atoms with E-state index in [-0.39, 0.29) is 11.9 Å². The van der Waals surface area contributed by atoms with E-state index in [1.54, 1.807) is 29.2 Å². The number of hydrogen-bond acceptors (Lipinski definition) is 8. The molecule has 1 amide bonds. The van der Waals surface area contributed by atoms with E-state index in [0.29, 0.717) is 45.6 Å². The number of aromatic nitrogens is 4. The van der Waals surface area contributed by atoms with E-state index in [1.165, 1.54) is 0 Å². The summed E-state index contributed by atoms with van der Waals surface area (Å²) in [4.78, 5) is 26.6. The molecule has 3 aromatic heterocycles. The molecule has 11 heteroatoms. The fourth-order valence-electron chi connectivity index (χ4n) is 3.88. The van der Waals surface area contributed by atoms with Gasteiger partial charge in [-0.3, -0.25) is 14.8 Å². The second-order valence-electron chi connectivity index (χ2n) is 8.24. The Balaban J connectivity index is 1.46. The lowest BCUT2D eigenvalue weighted by atomic mass is 9.95. The van der Waals surface area contributed by atoms with Gasteiger partial charge in [0.05, 0.1) is 11.8 Å². The molecule has 1 atom stereocenters. The van der Waals surface area contributed by atoms with E-state index in [0.717, 1.165) is 11.1 Å². The number of halogens is 1. The van der Waals surface area contributed by atoms with Crippen molar-refractivity contribution in [3.63, 3.8) is 0 Å². The topological polar surface area (TPSA) is 122 Å². The highest BCUT2D eigenvalue weighted by Gasteiger charge is 2.31. The van der Waals surface area contributed by atoms with Crippen LogP contribution in [0.1, 0.15) is 29.7 Å². The van der Waals surface area contributed by atoms with Crippen LogP contribution < -0.4 is 16.0 Å². The van der Waals surface area contributed by atoms with E-state index in [2.05, 4.69) is 31.0 Å². The number of aryl methyl sites for hydroxylation is 2. The average Bonchev–Trinajstić information content (AvgIpc) is 3.42. The van der Waals surface area contributed by atoms with Crippen molar-refractivity contribution in [1.29, 1.82) is 0 Å². The molecule has 0 bridgehead atoms. The number of nitrogens with zero attached hydrogens (tertiary/aromatic N) is 5. The maximum Gasteiger partial charge on any atom is 0.304 e. The van der Waals surface area contributed by atoms with Crippen molar-refractivity contribution in [2.75, 3.05) is 5.32 Å². The molecule has 1 aliphatic rings. The van der Waals surface area contributed by atoms with Gasteiger partial charge in [0.25, 0.3) is 5.91 Å². The van der Waals surface area contributed by atoms with Crippen LogP contribution in [-0.2, 0) is 18.4 Å². The Morgan fingerprint density at radius 1 is 1.29 bits per heavy atom. The van der Waals surface area contributed by atoms with Crippen LogP contribution in [0.5, 0.6) is 0 Å². The number of benzene rings is 1. The summed E-state index contributed by atoms with van der Waals surface area (Å²) in [6, 6.07) is 8.82. The van der Waals surface area contributed by atoms with Crippen LogP contribution in [0.2, 0.25) is 5.02 Å². The van der Waals surface area contributed by atoms with Crippen LogP contribution in [0, 0.1) is 6.92 Å². The number of anilines is 1. The molecule has 5 rings (SSSR count). The number of hydrogen-bond donors (Lipinski definition) is 3. The first kappa shape index (κ1) is 22.6. The Morgan fingerprint density at radius 3 is 2.89 bits per heavy atom. The van der Waals surface area contributed by atoms with Crippen molar-refractivity contribution in [1.82, 2.24) is 30.4 Å². The van der Waals surface area contributed by atoms with Crippen molar-refractivity contribution in [3.8, 4) is 0 Å². The predicted molar refractivity (Wildman–Crippen MR) is 133 cm³/mol. The van der Waals surface area contributed by atoms with E-state index in [4.69, 9.17) is 21.0 Å². The summed E-state index contributed by atoms with van der Waals surface area (Å²) in [6.07, 6.45) is 5.21. The zero-order valence-corrected chi connectivity index (χ0v) is 20.1. The molecule has 4 heterocycles. The van der Waals surface area contributed by atoms with Crippen LogP contribution >= 0.6 is 11.6 Å². The Bertz CT molecular complexity index is 1450. The number of carbonyl (C=O) groups excluding carboxylic acids is 1. The quantitative estimate of drug-likeness (QED) is 0.390.